The summed E-state index contributed by atoms with van der Waals surface area (Å²) in [6, 6.07) is 13.9. The highest BCUT2D eigenvalue weighted by Crippen LogP contribution is 2.28. The van der Waals surface area contributed by atoms with Crippen LogP contribution in [0.15, 0.2) is 63.3 Å². The molecule has 0 aliphatic carbocycles. The predicted molar refractivity (Wildman–Crippen MR) is 122 cm³/mol. The summed E-state index contributed by atoms with van der Waals surface area (Å²) in [5.74, 6) is -0.244. The van der Waals surface area contributed by atoms with Gasteiger partial charge in [-0.2, -0.15) is 4.31 Å². The fraction of sp³-hybridized carbons (Fsp3) is 0.238. The van der Waals surface area contributed by atoms with Crippen LogP contribution < -0.4 is 5.32 Å². The van der Waals surface area contributed by atoms with Crippen molar-refractivity contribution in [1.29, 1.82) is 0 Å². The van der Waals surface area contributed by atoms with Gasteiger partial charge < -0.3 is 0 Å². The third kappa shape index (κ3) is 4.49. The van der Waals surface area contributed by atoms with E-state index in [1.54, 1.807) is 40.7 Å². The number of aromatic nitrogens is 1. The number of halogens is 1. The largest absolute Gasteiger partial charge is 0.298 e. The Balaban J connectivity index is 1.48. The zero-order valence-corrected chi connectivity index (χ0v) is 19.3. The molecule has 156 valence electrons. The van der Waals surface area contributed by atoms with Gasteiger partial charge in [-0.1, -0.05) is 30.7 Å². The van der Waals surface area contributed by atoms with Crippen LogP contribution in [-0.4, -0.2) is 36.7 Å². The van der Waals surface area contributed by atoms with Crippen molar-refractivity contribution in [1.82, 2.24) is 9.29 Å². The number of nitrogens with zero attached hydrogens (tertiary/aromatic N) is 2. The summed E-state index contributed by atoms with van der Waals surface area (Å²) in [6.07, 6.45) is 2.89. The summed E-state index contributed by atoms with van der Waals surface area (Å²) in [6.45, 7) is 1.16. The number of nitrogens with one attached hydrogen (secondary N) is 1. The van der Waals surface area contributed by atoms with Crippen molar-refractivity contribution in [3.05, 3.63) is 63.9 Å². The third-order valence-electron chi connectivity index (χ3n) is 4.95. The molecule has 9 heteroatoms. The van der Waals surface area contributed by atoms with E-state index in [1.165, 1.54) is 11.3 Å². The number of amides is 1. The normalized spacial score (nSPS) is 15.1. The molecule has 0 spiro atoms. The van der Waals surface area contributed by atoms with Gasteiger partial charge in [0.15, 0.2) is 5.13 Å². The molecular weight excluding hydrogens is 486 g/mol. The van der Waals surface area contributed by atoms with E-state index in [1.807, 2.05) is 17.5 Å². The zero-order chi connectivity index (χ0) is 21.1. The van der Waals surface area contributed by atoms with Gasteiger partial charge in [0, 0.05) is 28.5 Å². The molecule has 1 aliphatic rings. The number of piperidine rings is 1. The molecular formula is C21H20BrN3O3S2. The van der Waals surface area contributed by atoms with Crippen LogP contribution in [0.3, 0.4) is 0 Å². The molecule has 1 aliphatic heterocycles. The molecule has 1 amide bonds. The van der Waals surface area contributed by atoms with Gasteiger partial charge >= 0.3 is 0 Å². The topological polar surface area (TPSA) is 79.4 Å². The fourth-order valence-corrected chi connectivity index (χ4v) is 6.02. The van der Waals surface area contributed by atoms with Crippen LogP contribution in [0.1, 0.15) is 29.6 Å². The van der Waals surface area contributed by atoms with Gasteiger partial charge in [-0.05, 0) is 53.0 Å². The molecule has 6 nitrogen and oxygen atoms in total. The van der Waals surface area contributed by atoms with Crippen molar-refractivity contribution in [3.63, 3.8) is 0 Å². The number of carbonyl (C=O) groups excluding carboxylic acids is 1. The van der Waals surface area contributed by atoms with Crippen LogP contribution in [0.2, 0.25) is 0 Å². The Morgan fingerprint density at radius 1 is 1.03 bits per heavy atom. The Hall–Kier alpha value is -2.07. The third-order valence-corrected chi connectivity index (χ3v) is 8.31. The Kier molecular flexibility index (Phi) is 6.33. The van der Waals surface area contributed by atoms with E-state index in [4.69, 9.17) is 0 Å². The lowest BCUT2D eigenvalue weighted by Crippen LogP contribution is -2.35. The molecule has 4 rings (SSSR count). The molecule has 0 unspecified atom stereocenters. The first-order chi connectivity index (χ1) is 14.4. The average molecular weight is 506 g/mol. The second-order valence-corrected chi connectivity index (χ2v) is 10.6. The molecule has 0 saturated carbocycles. The highest BCUT2D eigenvalue weighted by Gasteiger charge is 2.25. The molecule has 2 aromatic carbocycles. The zero-order valence-electron chi connectivity index (χ0n) is 16.0. The number of hydrogen-bond acceptors (Lipinski definition) is 5. The smallest absolute Gasteiger partial charge is 0.258 e. The van der Waals surface area contributed by atoms with Crippen LogP contribution in [0, 0.1) is 0 Å². The van der Waals surface area contributed by atoms with Crippen molar-refractivity contribution >= 4 is 48.3 Å². The van der Waals surface area contributed by atoms with Gasteiger partial charge in [0.1, 0.15) is 0 Å². The van der Waals surface area contributed by atoms with Crippen molar-refractivity contribution in [2.45, 2.75) is 24.2 Å². The Labute approximate surface area is 188 Å². The van der Waals surface area contributed by atoms with Crippen molar-refractivity contribution in [2.75, 3.05) is 18.4 Å². The summed E-state index contributed by atoms with van der Waals surface area (Å²) in [7, 11) is -3.45. The van der Waals surface area contributed by atoms with E-state index in [-0.39, 0.29) is 5.91 Å². The van der Waals surface area contributed by atoms with Crippen LogP contribution >= 0.6 is 27.3 Å². The number of anilines is 1. The molecule has 1 saturated heterocycles. The monoisotopic (exact) mass is 505 g/mol. The first-order valence-electron chi connectivity index (χ1n) is 9.57. The minimum atomic E-state index is -3.45. The minimum Gasteiger partial charge on any atom is -0.298 e. The predicted octanol–water partition coefficient (Wildman–Crippen LogP) is 5.00. The van der Waals surface area contributed by atoms with Gasteiger partial charge in [-0.25, -0.2) is 13.4 Å². The maximum atomic E-state index is 12.8. The Morgan fingerprint density at radius 2 is 1.73 bits per heavy atom. The van der Waals surface area contributed by atoms with Crippen LogP contribution in [0.4, 0.5) is 5.13 Å². The summed E-state index contributed by atoms with van der Waals surface area (Å²) in [5.41, 5.74) is 2.01. The van der Waals surface area contributed by atoms with E-state index in [9.17, 15) is 13.2 Å². The first-order valence-corrected chi connectivity index (χ1v) is 12.7. The van der Waals surface area contributed by atoms with Crippen molar-refractivity contribution in [2.24, 2.45) is 0 Å². The summed E-state index contributed by atoms with van der Waals surface area (Å²) in [5, 5.41) is 5.12. The van der Waals surface area contributed by atoms with Gasteiger partial charge in [0.25, 0.3) is 5.91 Å². The van der Waals surface area contributed by atoms with Gasteiger partial charge in [0.05, 0.1) is 16.2 Å². The van der Waals surface area contributed by atoms with E-state index in [0.717, 1.165) is 24.8 Å². The minimum absolute atomic E-state index is 0.244. The molecule has 0 bridgehead atoms. The lowest BCUT2D eigenvalue weighted by molar-refractivity contribution is 0.102. The second kappa shape index (κ2) is 8.97. The number of rotatable bonds is 5. The lowest BCUT2D eigenvalue weighted by Gasteiger charge is -2.25. The Morgan fingerprint density at radius 3 is 2.43 bits per heavy atom. The summed E-state index contributed by atoms with van der Waals surface area (Å²) < 4.78 is 27.8. The van der Waals surface area contributed by atoms with Gasteiger partial charge in [-0.15, -0.1) is 11.3 Å². The van der Waals surface area contributed by atoms with Crippen LogP contribution in [0.5, 0.6) is 0 Å². The molecule has 1 fully saturated rings. The average Bonchev–Trinajstić information content (AvgIpc) is 3.23. The lowest BCUT2D eigenvalue weighted by atomic mass is 10.2. The molecule has 0 radical (unpaired) electrons. The standard InChI is InChI=1S/C21H20BrN3O3S2/c22-18-7-3-2-6-17(18)20(26)24-21-23-19(14-29-21)15-8-10-16(11-9-15)30(27,28)25-12-4-1-5-13-25/h2-3,6-11,14H,1,4-5,12-13H2,(H,23,24,26). The number of thiazole rings is 1. The SMILES string of the molecule is O=C(Nc1nc(-c2ccc(S(=O)(=O)N3CCCCC3)cc2)cs1)c1ccccc1Br. The van der Waals surface area contributed by atoms with E-state index < -0.39 is 10.0 Å². The molecule has 1 N–H and O–H groups in total. The summed E-state index contributed by atoms with van der Waals surface area (Å²) in [4.78, 5) is 17.2. The van der Waals surface area contributed by atoms with E-state index in [0.29, 0.717) is 38.8 Å². The molecule has 3 aromatic rings. The van der Waals surface area contributed by atoms with Crippen molar-refractivity contribution in [3.8, 4) is 11.3 Å². The maximum Gasteiger partial charge on any atom is 0.258 e. The number of sulfonamides is 1. The quantitative estimate of drug-likeness (QED) is 0.528. The Bertz CT molecular complexity index is 1150. The number of benzene rings is 2. The highest BCUT2D eigenvalue weighted by atomic mass is 79.9. The number of carbonyl (C=O) groups is 1. The second-order valence-electron chi connectivity index (χ2n) is 6.96. The maximum absolute atomic E-state index is 12.8. The van der Waals surface area contributed by atoms with Crippen LogP contribution in [0.25, 0.3) is 11.3 Å². The molecule has 0 atom stereocenters. The van der Waals surface area contributed by atoms with Crippen molar-refractivity contribution < 1.29 is 13.2 Å². The first kappa shape index (κ1) is 21.2. The fourth-order valence-electron chi connectivity index (χ4n) is 3.33. The van der Waals surface area contributed by atoms with Gasteiger partial charge in [0.2, 0.25) is 10.0 Å². The van der Waals surface area contributed by atoms with E-state index >= 15 is 0 Å². The molecule has 2 heterocycles. The molecule has 30 heavy (non-hydrogen) atoms. The summed E-state index contributed by atoms with van der Waals surface area (Å²) >= 11 is 4.69. The van der Waals surface area contributed by atoms with Crippen LogP contribution in [-0.2, 0) is 10.0 Å². The van der Waals surface area contributed by atoms with E-state index in [2.05, 4.69) is 26.2 Å². The number of hydrogen-bond donors (Lipinski definition) is 1. The van der Waals surface area contributed by atoms with Gasteiger partial charge in [-0.3, -0.25) is 10.1 Å². The highest BCUT2D eigenvalue weighted by molar-refractivity contribution is 9.10. The molecule has 1 aromatic heterocycles.